The van der Waals surface area contributed by atoms with Gasteiger partial charge >= 0.3 is 0 Å². The molecule has 0 aromatic heterocycles. The highest BCUT2D eigenvalue weighted by atomic mass is 32.2. The molecule has 2 rings (SSSR count). The van der Waals surface area contributed by atoms with Gasteiger partial charge in [-0.15, -0.1) is 0 Å². The number of nitrogens with two attached hydrogens (primary N) is 1. The van der Waals surface area contributed by atoms with Gasteiger partial charge < -0.3 is 10.8 Å². The van der Waals surface area contributed by atoms with Crippen LogP contribution in [0.3, 0.4) is 0 Å². The van der Waals surface area contributed by atoms with Crippen molar-refractivity contribution in [1.82, 2.24) is 5.32 Å². The van der Waals surface area contributed by atoms with E-state index in [-0.39, 0.29) is 17.4 Å². The number of sulfone groups is 1. The van der Waals surface area contributed by atoms with Crippen LogP contribution in [-0.2, 0) is 16.3 Å². The lowest BCUT2D eigenvalue weighted by Crippen LogP contribution is -2.44. The van der Waals surface area contributed by atoms with Gasteiger partial charge in [-0.05, 0) is 48.6 Å². The van der Waals surface area contributed by atoms with Crippen LogP contribution in [0.25, 0.3) is 0 Å². The van der Waals surface area contributed by atoms with Crippen LogP contribution in [0.4, 0.5) is 5.69 Å². The van der Waals surface area contributed by atoms with Crippen molar-refractivity contribution in [2.24, 2.45) is 5.92 Å². The molecule has 0 saturated carbocycles. The van der Waals surface area contributed by atoms with Gasteiger partial charge in [-0.1, -0.05) is 44.2 Å². The average Bonchev–Trinajstić information content (AvgIpc) is 2.61. The molecule has 2 aromatic rings. The van der Waals surface area contributed by atoms with Gasteiger partial charge in [0.05, 0.1) is 11.0 Å². The molecule has 0 bridgehead atoms. The van der Waals surface area contributed by atoms with E-state index in [2.05, 4.69) is 5.32 Å². The van der Waals surface area contributed by atoms with Gasteiger partial charge in [-0.3, -0.25) is 5.32 Å². The van der Waals surface area contributed by atoms with E-state index in [1.54, 1.807) is 18.6 Å². The van der Waals surface area contributed by atoms with Gasteiger partial charge in [0, 0.05) is 12.2 Å². The summed E-state index contributed by atoms with van der Waals surface area (Å²) in [6.45, 7) is 3.85. The van der Waals surface area contributed by atoms with Gasteiger partial charge in [0.15, 0.2) is 9.84 Å². The predicted octanol–water partition coefficient (Wildman–Crippen LogP) is 2.42. The Bertz CT molecular complexity index is 774. The zero-order valence-electron chi connectivity index (χ0n) is 15.2. The SMILES string of the molecule is CC(C)C(NCC(O)[CH]Cc1ccccc1)S(=O)(=O)c1ccc(N)cc1. The summed E-state index contributed by atoms with van der Waals surface area (Å²) in [6.07, 6.45) is 1.66. The van der Waals surface area contributed by atoms with Crippen molar-refractivity contribution in [2.45, 2.75) is 36.6 Å². The second-order valence-electron chi connectivity index (χ2n) is 6.68. The maximum atomic E-state index is 12.9. The zero-order valence-corrected chi connectivity index (χ0v) is 16.0. The molecule has 6 heteroatoms. The normalized spacial score (nSPS) is 14.3. The molecular weight excluding hydrogens is 348 g/mol. The number of hydrogen-bond donors (Lipinski definition) is 3. The fraction of sp³-hybridized carbons (Fsp3) is 0.350. The largest absolute Gasteiger partial charge is 0.399 e. The Morgan fingerprint density at radius 3 is 2.27 bits per heavy atom. The first-order valence-corrected chi connectivity index (χ1v) is 10.2. The summed E-state index contributed by atoms with van der Waals surface area (Å²) in [5, 5.41) is 12.4. The molecule has 0 amide bonds. The quantitative estimate of drug-likeness (QED) is 0.586. The lowest BCUT2D eigenvalue weighted by atomic mass is 10.1. The molecule has 26 heavy (non-hydrogen) atoms. The fourth-order valence-electron chi connectivity index (χ4n) is 2.71. The third-order valence-electron chi connectivity index (χ3n) is 4.15. The molecule has 0 aliphatic carbocycles. The van der Waals surface area contributed by atoms with Crippen LogP contribution < -0.4 is 11.1 Å². The number of hydrogen-bond acceptors (Lipinski definition) is 5. The van der Waals surface area contributed by atoms with E-state index >= 15 is 0 Å². The number of nitrogen functional groups attached to an aromatic ring is 1. The van der Waals surface area contributed by atoms with Crippen LogP contribution in [-0.4, -0.2) is 31.5 Å². The maximum absolute atomic E-state index is 12.9. The zero-order chi connectivity index (χ0) is 19.2. The van der Waals surface area contributed by atoms with E-state index < -0.39 is 21.3 Å². The Kier molecular flexibility index (Phi) is 7.20. The highest BCUT2D eigenvalue weighted by molar-refractivity contribution is 7.92. The third-order valence-corrected chi connectivity index (χ3v) is 6.45. The van der Waals surface area contributed by atoms with Crippen molar-refractivity contribution in [3.05, 3.63) is 66.6 Å². The highest BCUT2D eigenvalue weighted by Crippen LogP contribution is 2.21. The Hall–Kier alpha value is -1.89. The summed E-state index contributed by atoms with van der Waals surface area (Å²) in [6, 6.07) is 16.0. The van der Waals surface area contributed by atoms with Crippen molar-refractivity contribution in [2.75, 3.05) is 12.3 Å². The first-order chi connectivity index (χ1) is 12.3. The molecule has 141 valence electrons. The van der Waals surface area contributed by atoms with Crippen LogP contribution in [0.2, 0.25) is 0 Å². The Balaban J connectivity index is 1.98. The van der Waals surface area contributed by atoms with E-state index in [0.29, 0.717) is 12.1 Å². The van der Waals surface area contributed by atoms with Crippen molar-refractivity contribution in [3.63, 3.8) is 0 Å². The predicted molar refractivity (Wildman–Crippen MR) is 105 cm³/mol. The van der Waals surface area contributed by atoms with E-state index in [1.807, 2.05) is 44.2 Å². The number of aliphatic hydroxyl groups excluding tert-OH is 1. The smallest absolute Gasteiger partial charge is 0.194 e. The van der Waals surface area contributed by atoms with Crippen LogP contribution >= 0.6 is 0 Å². The molecule has 0 fully saturated rings. The summed E-state index contributed by atoms with van der Waals surface area (Å²) < 4.78 is 25.8. The van der Waals surface area contributed by atoms with Crippen molar-refractivity contribution in [1.29, 1.82) is 0 Å². The topological polar surface area (TPSA) is 92.4 Å². The molecule has 2 atom stereocenters. The maximum Gasteiger partial charge on any atom is 0.194 e. The summed E-state index contributed by atoms with van der Waals surface area (Å²) in [7, 11) is -3.57. The number of anilines is 1. The Morgan fingerprint density at radius 2 is 1.69 bits per heavy atom. The second kappa shape index (κ2) is 9.16. The summed E-state index contributed by atoms with van der Waals surface area (Å²) in [4.78, 5) is 0.223. The second-order valence-corrected chi connectivity index (χ2v) is 8.75. The average molecular weight is 376 g/mol. The van der Waals surface area contributed by atoms with E-state index in [9.17, 15) is 13.5 Å². The molecule has 0 aliphatic rings. The van der Waals surface area contributed by atoms with Crippen molar-refractivity contribution < 1.29 is 13.5 Å². The third kappa shape index (κ3) is 5.56. The lowest BCUT2D eigenvalue weighted by Gasteiger charge is -2.24. The van der Waals surface area contributed by atoms with Gasteiger partial charge in [0.25, 0.3) is 0 Å². The monoisotopic (exact) mass is 375 g/mol. The first-order valence-electron chi connectivity index (χ1n) is 8.69. The molecule has 2 unspecified atom stereocenters. The van der Waals surface area contributed by atoms with Crippen molar-refractivity contribution >= 4 is 15.5 Å². The van der Waals surface area contributed by atoms with Crippen LogP contribution in [0.15, 0.2) is 59.5 Å². The molecule has 1 radical (unpaired) electrons. The fourth-order valence-corrected chi connectivity index (χ4v) is 4.56. The summed E-state index contributed by atoms with van der Waals surface area (Å²) in [5.41, 5.74) is 7.25. The molecule has 0 saturated heterocycles. The van der Waals surface area contributed by atoms with E-state index in [1.165, 1.54) is 12.1 Å². The number of benzene rings is 2. The van der Waals surface area contributed by atoms with Crippen LogP contribution in [0.5, 0.6) is 0 Å². The van der Waals surface area contributed by atoms with Gasteiger partial charge in [0.2, 0.25) is 0 Å². The molecular formula is C20H27N2O3S. The molecule has 2 aromatic carbocycles. The minimum absolute atomic E-state index is 0.154. The first kappa shape index (κ1) is 20.4. The van der Waals surface area contributed by atoms with Crippen LogP contribution in [0.1, 0.15) is 19.4 Å². The minimum Gasteiger partial charge on any atom is -0.399 e. The van der Waals surface area contributed by atoms with Gasteiger partial charge in [0.1, 0.15) is 5.37 Å². The summed E-state index contributed by atoms with van der Waals surface area (Å²) in [5.74, 6) is -0.154. The number of nitrogens with one attached hydrogen (secondary N) is 1. The Morgan fingerprint density at radius 1 is 1.08 bits per heavy atom. The van der Waals surface area contributed by atoms with Crippen LogP contribution in [0, 0.1) is 12.3 Å². The molecule has 0 heterocycles. The van der Waals surface area contributed by atoms with Crippen molar-refractivity contribution in [3.8, 4) is 0 Å². The molecule has 4 N–H and O–H groups in total. The van der Waals surface area contributed by atoms with Gasteiger partial charge in [-0.25, -0.2) is 8.42 Å². The van der Waals surface area contributed by atoms with E-state index in [0.717, 1.165) is 5.56 Å². The lowest BCUT2D eigenvalue weighted by molar-refractivity contribution is 0.196. The minimum atomic E-state index is -3.57. The Labute approximate surface area is 156 Å². The van der Waals surface area contributed by atoms with Gasteiger partial charge in [-0.2, -0.15) is 0 Å². The number of aliphatic hydroxyl groups is 1. The molecule has 0 spiro atoms. The summed E-state index contributed by atoms with van der Waals surface area (Å²) >= 11 is 0. The number of rotatable bonds is 9. The van der Waals surface area contributed by atoms with E-state index in [4.69, 9.17) is 5.73 Å². The highest BCUT2D eigenvalue weighted by Gasteiger charge is 2.30. The molecule has 5 nitrogen and oxygen atoms in total. The molecule has 0 aliphatic heterocycles. The standard InChI is InChI=1S/C20H27N2O3S/c1-15(2)20(26(24,25)19-12-9-17(21)10-13-19)22-14-18(23)11-8-16-6-4-3-5-7-16/h3-7,9-13,15,18,20,22-23H,8,14,21H2,1-2H3.